The molecule has 0 atom stereocenters. The minimum Gasteiger partial charge on any atom is -0.494 e. The van der Waals surface area contributed by atoms with Gasteiger partial charge in [0.15, 0.2) is 0 Å². The van der Waals surface area contributed by atoms with Gasteiger partial charge in [-0.2, -0.15) is 0 Å². The van der Waals surface area contributed by atoms with Crippen molar-refractivity contribution < 1.29 is 29.3 Å². The predicted molar refractivity (Wildman–Crippen MR) is 121 cm³/mol. The second-order valence-corrected chi connectivity index (χ2v) is 8.35. The van der Waals surface area contributed by atoms with E-state index >= 15 is 0 Å². The van der Waals surface area contributed by atoms with Crippen LogP contribution in [0, 0.1) is 0 Å². The molecule has 2 amide bonds. The second kappa shape index (κ2) is 9.01. The Morgan fingerprint density at radius 2 is 1.64 bits per heavy atom. The molecule has 0 spiro atoms. The van der Waals surface area contributed by atoms with Gasteiger partial charge in [0, 0.05) is 37.2 Å². The van der Waals surface area contributed by atoms with Crippen LogP contribution in [0.4, 0.5) is 5.69 Å². The maximum atomic E-state index is 12.8. The quantitative estimate of drug-likeness (QED) is 0.513. The van der Waals surface area contributed by atoms with E-state index in [1.54, 1.807) is 24.3 Å². The maximum absolute atomic E-state index is 12.8. The molecule has 1 saturated heterocycles. The molecular weight excluding hydrogens is 426 g/mol. The molecule has 2 heterocycles. The molecule has 33 heavy (non-hydrogen) atoms. The van der Waals surface area contributed by atoms with Crippen LogP contribution in [0.15, 0.2) is 36.4 Å². The zero-order chi connectivity index (χ0) is 23.7. The molecule has 4 rings (SSSR count). The highest BCUT2D eigenvalue weighted by molar-refractivity contribution is 6.41. The largest absolute Gasteiger partial charge is 0.494 e. The van der Waals surface area contributed by atoms with Gasteiger partial charge in [0.05, 0.1) is 11.8 Å². The van der Waals surface area contributed by atoms with E-state index in [9.17, 15) is 24.6 Å². The number of aromatic nitrogens is 1. The minimum atomic E-state index is -0.710. The summed E-state index contributed by atoms with van der Waals surface area (Å²) in [5, 5.41) is 20.8. The Bertz CT molecular complexity index is 1100. The molecule has 2 aliphatic rings. The first-order valence-corrected chi connectivity index (χ1v) is 11.0. The average molecular weight is 453 g/mol. The van der Waals surface area contributed by atoms with Crippen molar-refractivity contribution in [2.45, 2.75) is 39.2 Å². The van der Waals surface area contributed by atoms with Crippen LogP contribution < -0.4 is 9.64 Å². The Kier molecular flexibility index (Phi) is 6.13. The molecule has 1 aliphatic carbocycles. The number of hydrogen-bond donors (Lipinski definition) is 2. The molecule has 1 aromatic carbocycles. The van der Waals surface area contributed by atoms with E-state index < -0.39 is 17.7 Å². The van der Waals surface area contributed by atoms with Crippen LogP contribution in [0.5, 0.6) is 17.5 Å². The summed E-state index contributed by atoms with van der Waals surface area (Å²) in [6.07, 6.45) is 4.37. The van der Waals surface area contributed by atoms with Crippen molar-refractivity contribution in [3.63, 3.8) is 0 Å². The van der Waals surface area contributed by atoms with E-state index in [1.165, 1.54) is 9.80 Å². The highest BCUT2D eigenvalue weighted by Crippen LogP contribution is 2.37. The topological polar surface area (TPSA) is 112 Å². The smallest absolute Gasteiger partial charge is 0.316 e. The van der Waals surface area contributed by atoms with Crippen molar-refractivity contribution in [2.75, 3.05) is 24.5 Å². The van der Waals surface area contributed by atoms with Crippen LogP contribution in [0.25, 0.3) is 0 Å². The molecule has 0 radical (unpaired) electrons. The number of carbonyl (C=O) groups is 3. The van der Waals surface area contributed by atoms with E-state index in [0.29, 0.717) is 35.4 Å². The van der Waals surface area contributed by atoms with Gasteiger partial charge in [-0.25, -0.2) is 4.57 Å². The fraction of sp³-hybridized carbons (Fsp3) is 0.375. The van der Waals surface area contributed by atoms with Gasteiger partial charge in [-0.3, -0.25) is 19.3 Å². The number of benzene rings is 1. The molecule has 1 aromatic heterocycles. The van der Waals surface area contributed by atoms with Crippen molar-refractivity contribution in [3.8, 4) is 17.5 Å². The average Bonchev–Trinajstić information content (AvgIpc) is 3.05. The summed E-state index contributed by atoms with van der Waals surface area (Å²) in [5.41, 5.74) is 1.60. The maximum Gasteiger partial charge on any atom is 0.316 e. The minimum absolute atomic E-state index is 0.00135. The number of ether oxygens (including phenoxy) is 1. The van der Waals surface area contributed by atoms with Gasteiger partial charge < -0.3 is 19.8 Å². The number of allylic oxidation sites excluding steroid dienone is 2. The van der Waals surface area contributed by atoms with Gasteiger partial charge >= 0.3 is 11.8 Å². The number of piperazine rings is 1. The van der Waals surface area contributed by atoms with E-state index in [1.807, 2.05) is 26.0 Å². The molecular formula is C24H27N3O6. The Morgan fingerprint density at radius 1 is 1.00 bits per heavy atom. The zero-order valence-electron chi connectivity index (χ0n) is 18.7. The van der Waals surface area contributed by atoms with Crippen LogP contribution in [0.3, 0.4) is 0 Å². The molecule has 2 aromatic rings. The molecule has 0 bridgehead atoms. The third kappa shape index (κ3) is 4.18. The van der Waals surface area contributed by atoms with Gasteiger partial charge in [0.2, 0.25) is 17.7 Å². The zero-order valence-corrected chi connectivity index (χ0v) is 18.7. The molecule has 1 fully saturated rings. The number of fused-ring (bicyclic) bond motifs is 1. The standard InChI is InChI=1S/C24H27N3O6/c1-15(2)33-19-10-6-5-9-18(19)26-14-13-25(23(31)24(26)32)12-11-20(28)27-21(29)16-7-3-4-8-17(16)22(27)30/h3-6,9-10,15,29-30H,7-8,11-14H2,1-2H3. The summed E-state index contributed by atoms with van der Waals surface area (Å²) >= 11 is 0. The molecule has 2 N–H and O–H groups in total. The fourth-order valence-electron chi connectivity index (χ4n) is 4.20. The van der Waals surface area contributed by atoms with Crippen LogP contribution in [0.1, 0.15) is 36.2 Å². The predicted octanol–water partition coefficient (Wildman–Crippen LogP) is 2.25. The molecule has 0 saturated carbocycles. The molecule has 1 aliphatic heterocycles. The van der Waals surface area contributed by atoms with E-state index in [0.717, 1.165) is 4.57 Å². The Hall–Kier alpha value is -3.75. The van der Waals surface area contributed by atoms with E-state index in [4.69, 9.17) is 4.74 Å². The van der Waals surface area contributed by atoms with Gasteiger partial charge in [0.1, 0.15) is 5.75 Å². The fourth-order valence-corrected chi connectivity index (χ4v) is 4.20. The summed E-state index contributed by atoms with van der Waals surface area (Å²) in [5.74, 6) is -1.97. The van der Waals surface area contributed by atoms with Crippen LogP contribution in [-0.2, 0) is 22.4 Å². The first-order valence-electron chi connectivity index (χ1n) is 11.0. The monoisotopic (exact) mass is 453 g/mol. The highest BCUT2D eigenvalue weighted by atomic mass is 16.5. The van der Waals surface area contributed by atoms with Gasteiger partial charge in [-0.1, -0.05) is 24.3 Å². The third-order valence-electron chi connectivity index (χ3n) is 5.81. The van der Waals surface area contributed by atoms with Crippen molar-refractivity contribution in [3.05, 3.63) is 47.5 Å². The van der Waals surface area contributed by atoms with Gasteiger partial charge in [-0.05, 0) is 38.8 Å². The number of nitrogens with zero attached hydrogens (tertiary/aromatic N) is 3. The summed E-state index contributed by atoms with van der Waals surface area (Å²) in [4.78, 5) is 41.0. The van der Waals surface area contributed by atoms with E-state index in [-0.39, 0.29) is 43.9 Å². The first kappa shape index (κ1) is 22.4. The number of aromatic hydroxyl groups is 2. The molecule has 174 valence electrons. The Morgan fingerprint density at radius 3 is 2.27 bits per heavy atom. The van der Waals surface area contributed by atoms with Gasteiger partial charge in [0.25, 0.3) is 0 Å². The lowest BCUT2D eigenvalue weighted by Gasteiger charge is -2.34. The molecule has 9 nitrogen and oxygen atoms in total. The molecule has 0 unspecified atom stereocenters. The Labute approximate surface area is 191 Å². The van der Waals surface area contributed by atoms with Crippen molar-refractivity contribution in [2.24, 2.45) is 0 Å². The summed E-state index contributed by atoms with van der Waals surface area (Å²) in [6, 6.07) is 7.06. The lowest BCUT2D eigenvalue weighted by molar-refractivity contribution is -0.146. The van der Waals surface area contributed by atoms with Crippen molar-refractivity contribution in [1.82, 2.24) is 9.47 Å². The number of hydrogen-bond acceptors (Lipinski definition) is 6. The SMILES string of the molecule is CC(C)Oc1ccccc1N1CCN(CCC(=O)n2c(O)c3c(c2O)CC=CC3)C(=O)C1=O. The van der Waals surface area contributed by atoms with Crippen molar-refractivity contribution >= 4 is 23.4 Å². The van der Waals surface area contributed by atoms with Gasteiger partial charge in [-0.15, -0.1) is 0 Å². The summed E-state index contributed by atoms with van der Waals surface area (Å²) < 4.78 is 6.66. The van der Waals surface area contributed by atoms with Crippen LogP contribution in [-0.4, -0.2) is 63.1 Å². The number of anilines is 1. The first-order chi connectivity index (χ1) is 15.8. The van der Waals surface area contributed by atoms with Crippen LogP contribution >= 0.6 is 0 Å². The molecule has 9 heteroatoms. The second-order valence-electron chi connectivity index (χ2n) is 8.35. The lowest BCUT2D eigenvalue weighted by Crippen LogP contribution is -2.55. The third-order valence-corrected chi connectivity index (χ3v) is 5.81. The summed E-state index contributed by atoms with van der Waals surface area (Å²) in [6.45, 7) is 4.27. The van der Waals surface area contributed by atoms with Crippen LogP contribution in [0.2, 0.25) is 0 Å². The van der Waals surface area contributed by atoms with Crippen molar-refractivity contribution in [1.29, 1.82) is 0 Å². The number of carbonyl (C=O) groups excluding carboxylic acids is 3. The normalized spacial score (nSPS) is 15.8. The summed E-state index contributed by atoms with van der Waals surface area (Å²) in [7, 11) is 0. The number of rotatable bonds is 6. The number of amides is 2. The lowest BCUT2D eigenvalue weighted by atomic mass is 10.0. The number of para-hydroxylation sites is 2. The Balaban J connectivity index is 1.43. The highest BCUT2D eigenvalue weighted by Gasteiger charge is 2.35. The van der Waals surface area contributed by atoms with E-state index in [2.05, 4.69) is 0 Å².